The van der Waals surface area contributed by atoms with Gasteiger partial charge >= 0.3 is 17.9 Å². The highest BCUT2D eigenvalue weighted by Crippen LogP contribution is 2.27. The quantitative estimate of drug-likeness (QED) is 0.0323. The lowest BCUT2D eigenvalue weighted by Gasteiger charge is -2.20. The molecular formula is C65H87Cl3O12S3. The summed E-state index contributed by atoms with van der Waals surface area (Å²) in [7, 11) is -11.2. The lowest BCUT2D eigenvalue weighted by molar-refractivity contribution is -0.137. The predicted molar refractivity (Wildman–Crippen MR) is 339 cm³/mol. The third-order valence-electron chi connectivity index (χ3n) is 14.5. The maximum atomic E-state index is 12.9. The maximum Gasteiger partial charge on any atom is 0.322 e. The molecule has 5 rings (SSSR count). The van der Waals surface area contributed by atoms with Gasteiger partial charge in [0.2, 0.25) is 0 Å². The summed E-state index contributed by atoms with van der Waals surface area (Å²) in [5.41, 5.74) is 5.32. The molecule has 3 atom stereocenters. The first-order valence-corrected chi connectivity index (χ1v) is 35.1. The van der Waals surface area contributed by atoms with Crippen molar-refractivity contribution >= 4 is 82.2 Å². The molecule has 3 unspecified atom stereocenters. The van der Waals surface area contributed by atoms with Crippen LogP contribution in [0.15, 0.2) is 132 Å². The van der Waals surface area contributed by atoms with Crippen molar-refractivity contribution in [3.05, 3.63) is 170 Å². The first-order valence-electron chi connectivity index (χ1n) is 29.0. The number of unbranched alkanes of at least 4 members (excludes halogenated alkanes) is 11. The van der Waals surface area contributed by atoms with E-state index in [1.807, 2.05) is 124 Å². The number of carbonyl (C=O) groups is 3. The van der Waals surface area contributed by atoms with Gasteiger partial charge in [-0.1, -0.05) is 212 Å². The molecule has 458 valence electrons. The summed E-state index contributed by atoms with van der Waals surface area (Å²) in [6.45, 7) is 8.26. The van der Waals surface area contributed by atoms with Gasteiger partial charge in [0.15, 0.2) is 45.3 Å². The molecule has 0 saturated carbocycles. The summed E-state index contributed by atoms with van der Waals surface area (Å²) < 4.78 is 75.4. The number of aryl methyl sites for hydroxylation is 4. The first kappa shape index (κ1) is 72.5. The Morgan fingerprint density at radius 3 is 1.11 bits per heavy atom. The fraction of sp³-hybridized carbons (Fsp3) is 0.492. The number of carboxylic acid groups (broad SMARTS) is 3. The van der Waals surface area contributed by atoms with Crippen LogP contribution in [-0.4, -0.2) is 85.7 Å². The molecule has 5 aromatic carbocycles. The van der Waals surface area contributed by atoms with Gasteiger partial charge in [0.25, 0.3) is 0 Å². The summed E-state index contributed by atoms with van der Waals surface area (Å²) in [4.78, 5) is 34.7. The molecule has 0 fully saturated rings. The van der Waals surface area contributed by atoms with Crippen LogP contribution in [0.25, 0.3) is 0 Å². The highest BCUT2D eigenvalue weighted by Gasteiger charge is 2.35. The van der Waals surface area contributed by atoms with Gasteiger partial charge in [-0.05, 0) is 152 Å². The average Bonchev–Trinajstić information content (AvgIpc) is 3.59. The number of hydrogen-bond donors (Lipinski definition) is 3. The van der Waals surface area contributed by atoms with Crippen LogP contribution in [0.1, 0.15) is 171 Å². The van der Waals surface area contributed by atoms with E-state index in [0.717, 1.165) is 100 Å². The second-order valence-corrected chi connectivity index (χ2v) is 30.3. The van der Waals surface area contributed by atoms with Gasteiger partial charge in [-0.25, -0.2) is 25.3 Å². The van der Waals surface area contributed by atoms with Crippen LogP contribution in [0.4, 0.5) is 0 Å². The fourth-order valence-corrected chi connectivity index (χ4v) is 14.7. The number of benzene rings is 5. The van der Waals surface area contributed by atoms with Gasteiger partial charge in [0, 0.05) is 15.1 Å². The Hall–Kier alpha value is -4.77. The monoisotopic (exact) mass is 1260 g/mol. The molecule has 0 aromatic heterocycles. The Kier molecular flexibility index (Phi) is 32.9. The molecule has 0 radical (unpaired) electrons. The number of rotatable bonds is 35. The van der Waals surface area contributed by atoms with Crippen LogP contribution in [0.3, 0.4) is 0 Å². The molecule has 3 N–H and O–H groups in total. The highest BCUT2D eigenvalue weighted by atomic mass is 35.5. The van der Waals surface area contributed by atoms with Crippen molar-refractivity contribution in [1.82, 2.24) is 0 Å². The molecule has 5 aromatic rings. The van der Waals surface area contributed by atoms with Gasteiger partial charge in [-0.15, -0.1) is 0 Å². The number of hydrogen-bond acceptors (Lipinski definition) is 9. The van der Waals surface area contributed by atoms with E-state index in [0.29, 0.717) is 47.2 Å². The van der Waals surface area contributed by atoms with Crippen molar-refractivity contribution in [2.24, 2.45) is 0 Å². The molecule has 0 spiro atoms. The summed E-state index contributed by atoms with van der Waals surface area (Å²) in [5, 5.41) is 26.3. The maximum absolute atomic E-state index is 12.9. The standard InChI is InChI=1S/C23H29ClO4S.C21H25ClO4S.C21H33ClO4S/c1-23(2,3)18-11-15-20(16-12-18)29(27,28)21(22(25)26)8-6-4-5-7-17-9-13-19(24)14-10-17;22-19-13-11-18(12-14-19)9-5-2-6-10-20(21(23)24)27(25,26)16-15-17-7-3-1-4-8-17;1-2-3-4-5-6-10-17-27(25,26)20(21(23)24)12-9-7-8-11-18-13-15-19(22)16-14-18/h9-16,21H,4-8H2,1-3H3,(H,25,26);1,3-4,7-8,11-14,20H,2,5-6,9-10,15-16H2,(H,23,24);13-16,20H,2-12,17H2,1H3,(H,23,24). The average molecular weight is 1260 g/mol. The van der Waals surface area contributed by atoms with E-state index in [-0.39, 0.29) is 41.1 Å². The second kappa shape index (κ2) is 37.6. The molecule has 0 saturated heterocycles. The molecular weight excluding hydrogens is 1180 g/mol. The van der Waals surface area contributed by atoms with Crippen molar-refractivity contribution in [1.29, 1.82) is 0 Å². The van der Waals surface area contributed by atoms with Crippen molar-refractivity contribution < 1.29 is 55.0 Å². The Morgan fingerprint density at radius 2 is 0.735 bits per heavy atom. The van der Waals surface area contributed by atoms with E-state index >= 15 is 0 Å². The van der Waals surface area contributed by atoms with Gasteiger partial charge in [0.05, 0.1) is 16.4 Å². The van der Waals surface area contributed by atoms with E-state index in [4.69, 9.17) is 34.8 Å². The van der Waals surface area contributed by atoms with E-state index < -0.39 is 63.2 Å². The smallest absolute Gasteiger partial charge is 0.322 e. The molecule has 0 bridgehead atoms. The lowest BCUT2D eigenvalue weighted by atomic mass is 9.87. The van der Waals surface area contributed by atoms with Crippen molar-refractivity contribution in [2.75, 3.05) is 11.5 Å². The molecule has 12 nitrogen and oxygen atoms in total. The summed E-state index contributed by atoms with van der Waals surface area (Å²) >= 11 is 17.6. The van der Waals surface area contributed by atoms with Crippen LogP contribution in [0.5, 0.6) is 0 Å². The zero-order valence-electron chi connectivity index (χ0n) is 48.7. The lowest BCUT2D eigenvalue weighted by Crippen LogP contribution is -2.32. The van der Waals surface area contributed by atoms with Crippen LogP contribution in [0, 0.1) is 0 Å². The van der Waals surface area contributed by atoms with Crippen LogP contribution in [-0.2, 0) is 75.0 Å². The first-order chi connectivity index (χ1) is 39.3. The molecule has 83 heavy (non-hydrogen) atoms. The van der Waals surface area contributed by atoms with Gasteiger partial charge < -0.3 is 15.3 Å². The van der Waals surface area contributed by atoms with Crippen molar-refractivity contribution in [3.63, 3.8) is 0 Å². The van der Waals surface area contributed by atoms with E-state index in [1.165, 1.54) is 29.7 Å². The topological polar surface area (TPSA) is 214 Å². The van der Waals surface area contributed by atoms with Gasteiger partial charge in [-0.2, -0.15) is 0 Å². The largest absolute Gasteiger partial charge is 0.480 e. The minimum atomic E-state index is -3.92. The zero-order chi connectivity index (χ0) is 61.5. The number of halogens is 3. The molecule has 0 aliphatic carbocycles. The van der Waals surface area contributed by atoms with Gasteiger partial charge in [-0.3, -0.25) is 14.4 Å². The second-order valence-electron chi connectivity index (χ2n) is 22.2. The summed E-state index contributed by atoms with van der Waals surface area (Å²) in [6.07, 6.45) is 16.1. The third kappa shape index (κ3) is 28.3. The Balaban J connectivity index is 0.000000327. The van der Waals surface area contributed by atoms with E-state index in [1.54, 1.807) is 12.1 Å². The Labute approximate surface area is 510 Å². The molecule has 0 heterocycles. The normalized spacial score (nSPS) is 12.9. The predicted octanol–water partition coefficient (Wildman–Crippen LogP) is 15.9. The number of carboxylic acids is 3. The minimum Gasteiger partial charge on any atom is -0.480 e. The van der Waals surface area contributed by atoms with Crippen molar-refractivity contribution in [3.8, 4) is 0 Å². The van der Waals surface area contributed by atoms with Crippen LogP contribution < -0.4 is 0 Å². The zero-order valence-corrected chi connectivity index (χ0v) is 53.4. The fourth-order valence-electron chi connectivity index (χ4n) is 9.37. The third-order valence-corrected chi connectivity index (χ3v) is 21.6. The van der Waals surface area contributed by atoms with Crippen LogP contribution >= 0.6 is 34.8 Å². The van der Waals surface area contributed by atoms with Crippen molar-refractivity contribution in [2.45, 2.75) is 195 Å². The Morgan fingerprint density at radius 1 is 0.398 bits per heavy atom. The summed E-state index contributed by atoms with van der Waals surface area (Å²) in [6, 6.07) is 38.7. The molecule has 0 amide bonds. The van der Waals surface area contributed by atoms with Crippen LogP contribution in [0.2, 0.25) is 15.1 Å². The molecule has 0 aliphatic rings. The summed E-state index contributed by atoms with van der Waals surface area (Å²) in [5.74, 6) is -3.90. The Bertz CT molecular complexity index is 3020. The number of sulfone groups is 3. The number of aliphatic carboxylic acids is 3. The van der Waals surface area contributed by atoms with E-state index in [2.05, 4.69) is 6.92 Å². The van der Waals surface area contributed by atoms with Gasteiger partial charge in [0.1, 0.15) is 0 Å². The SMILES string of the molecule is CC(C)(C)c1ccc(S(=O)(=O)C(CCCCCc2ccc(Cl)cc2)C(=O)O)cc1.CCCCCCCCS(=O)(=O)C(CCCCCc1ccc(Cl)cc1)C(=O)O.O=C(O)C(CCCCCc1ccc(Cl)cc1)S(=O)(=O)CCc1ccccc1. The van der Waals surface area contributed by atoms with E-state index in [9.17, 15) is 55.0 Å². The molecule has 18 heteroatoms. The minimum absolute atomic E-state index is 0.0130. The molecule has 0 aliphatic heterocycles. The highest BCUT2D eigenvalue weighted by molar-refractivity contribution is 7.93.